The second kappa shape index (κ2) is 32.3. The van der Waals surface area contributed by atoms with E-state index in [0.29, 0.717) is 19.6 Å². The van der Waals surface area contributed by atoms with Crippen LogP contribution in [-0.2, 0) is 14.3 Å². The third-order valence-electron chi connectivity index (χ3n) is 7.32. The van der Waals surface area contributed by atoms with Crippen LogP contribution in [0.5, 0.6) is 0 Å². The number of rotatable bonds is 31. The molecule has 0 aromatic carbocycles. The number of carbonyl (C=O) groups excluding carboxylic acids is 1. The Labute approximate surface area is 237 Å². The lowest BCUT2D eigenvalue weighted by molar-refractivity contribution is -0.154. The molecule has 1 unspecified atom stereocenters. The monoisotopic (exact) mass is 538 g/mol. The zero-order valence-corrected chi connectivity index (χ0v) is 25.7. The van der Waals surface area contributed by atoms with E-state index in [9.17, 15) is 9.90 Å². The van der Waals surface area contributed by atoms with Gasteiger partial charge in [0, 0.05) is 13.0 Å². The van der Waals surface area contributed by atoms with Crippen LogP contribution in [0.2, 0.25) is 0 Å². The fraction of sp³-hybridized carbons (Fsp3) is 0.912. The summed E-state index contributed by atoms with van der Waals surface area (Å²) < 4.78 is 11.1. The van der Waals surface area contributed by atoms with Crippen molar-refractivity contribution >= 4 is 5.97 Å². The molecule has 0 aromatic rings. The van der Waals surface area contributed by atoms with Gasteiger partial charge in [0.1, 0.15) is 6.10 Å². The molecular formula is C34H66O4. The molecule has 0 rings (SSSR count). The molecule has 38 heavy (non-hydrogen) atoms. The number of aliphatic hydroxyl groups excluding tert-OH is 1. The third kappa shape index (κ3) is 29.7. The SMILES string of the molecule is CCC/C=C\CCCCCCCCOCC(CO)OC(=O)CCCCCCCCCCCCCCCCC. The number of hydrogen-bond donors (Lipinski definition) is 1. The number of hydrogen-bond acceptors (Lipinski definition) is 4. The third-order valence-corrected chi connectivity index (χ3v) is 7.32. The number of unbranched alkanes of at least 4 members (excludes halogenated alkanes) is 21. The number of carbonyl (C=O) groups is 1. The number of allylic oxidation sites excluding steroid dienone is 2. The van der Waals surface area contributed by atoms with Gasteiger partial charge < -0.3 is 14.6 Å². The van der Waals surface area contributed by atoms with Gasteiger partial charge in [-0.25, -0.2) is 0 Å². The Hall–Kier alpha value is -0.870. The lowest BCUT2D eigenvalue weighted by Gasteiger charge is -2.15. The number of ether oxygens (including phenoxy) is 2. The molecule has 0 heterocycles. The fourth-order valence-corrected chi connectivity index (χ4v) is 4.80. The number of esters is 1. The maximum atomic E-state index is 12.1. The van der Waals surface area contributed by atoms with Gasteiger partial charge in [-0.1, -0.05) is 148 Å². The fourth-order valence-electron chi connectivity index (χ4n) is 4.80. The minimum atomic E-state index is -0.528. The summed E-state index contributed by atoms with van der Waals surface area (Å²) in [6, 6.07) is 0. The van der Waals surface area contributed by atoms with Crippen molar-refractivity contribution in [2.45, 2.75) is 180 Å². The van der Waals surface area contributed by atoms with Crippen molar-refractivity contribution in [2.75, 3.05) is 19.8 Å². The molecule has 4 nitrogen and oxygen atoms in total. The van der Waals surface area contributed by atoms with Crippen molar-refractivity contribution in [1.82, 2.24) is 0 Å². The van der Waals surface area contributed by atoms with Crippen LogP contribution < -0.4 is 0 Å². The Kier molecular flexibility index (Phi) is 31.6. The van der Waals surface area contributed by atoms with Crippen molar-refractivity contribution < 1.29 is 19.4 Å². The summed E-state index contributed by atoms with van der Waals surface area (Å²) >= 11 is 0. The molecule has 0 saturated heterocycles. The van der Waals surface area contributed by atoms with Gasteiger partial charge in [0.25, 0.3) is 0 Å². The smallest absolute Gasteiger partial charge is 0.306 e. The van der Waals surface area contributed by atoms with E-state index in [-0.39, 0.29) is 12.6 Å². The largest absolute Gasteiger partial charge is 0.457 e. The van der Waals surface area contributed by atoms with Crippen molar-refractivity contribution in [3.05, 3.63) is 12.2 Å². The normalized spacial score (nSPS) is 12.4. The molecular weight excluding hydrogens is 472 g/mol. The predicted molar refractivity (Wildman–Crippen MR) is 164 cm³/mol. The maximum absolute atomic E-state index is 12.1. The molecule has 0 aromatic heterocycles. The van der Waals surface area contributed by atoms with E-state index in [2.05, 4.69) is 26.0 Å². The van der Waals surface area contributed by atoms with E-state index in [1.165, 1.54) is 135 Å². The van der Waals surface area contributed by atoms with Crippen LogP contribution in [0.4, 0.5) is 0 Å². The summed E-state index contributed by atoms with van der Waals surface area (Å²) in [5, 5.41) is 9.51. The van der Waals surface area contributed by atoms with Gasteiger partial charge in [-0.15, -0.1) is 0 Å². The molecule has 4 heteroatoms. The second-order valence-electron chi connectivity index (χ2n) is 11.2. The Morgan fingerprint density at radius 2 is 1.08 bits per heavy atom. The molecule has 0 aliphatic rings. The number of aliphatic hydroxyl groups is 1. The van der Waals surface area contributed by atoms with Crippen molar-refractivity contribution in [3.8, 4) is 0 Å². The minimum Gasteiger partial charge on any atom is -0.457 e. The molecule has 0 spiro atoms. The second-order valence-corrected chi connectivity index (χ2v) is 11.2. The van der Waals surface area contributed by atoms with Crippen molar-refractivity contribution in [1.29, 1.82) is 0 Å². The first-order valence-electron chi connectivity index (χ1n) is 16.8. The molecule has 226 valence electrons. The van der Waals surface area contributed by atoms with E-state index < -0.39 is 6.10 Å². The minimum absolute atomic E-state index is 0.169. The van der Waals surface area contributed by atoms with Crippen LogP contribution in [0.25, 0.3) is 0 Å². The highest BCUT2D eigenvalue weighted by molar-refractivity contribution is 5.69. The zero-order chi connectivity index (χ0) is 27.8. The van der Waals surface area contributed by atoms with E-state index in [1.807, 2.05) is 0 Å². The molecule has 0 aliphatic heterocycles. The first-order valence-corrected chi connectivity index (χ1v) is 16.8. The van der Waals surface area contributed by atoms with Gasteiger partial charge >= 0.3 is 5.97 Å². The summed E-state index contributed by atoms with van der Waals surface area (Å²) in [6.45, 7) is 5.29. The maximum Gasteiger partial charge on any atom is 0.306 e. The molecule has 0 fully saturated rings. The summed E-state index contributed by atoms with van der Waals surface area (Å²) in [4.78, 5) is 12.1. The highest BCUT2D eigenvalue weighted by Crippen LogP contribution is 2.14. The van der Waals surface area contributed by atoms with Gasteiger partial charge in [-0.05, 0) is 32.1 Å². The summed E-state index contributed by atoms with van der Waals surface area (Å²) in [7, 11) is 0. The van der Waals surface area contributed by atoms with E-state index in [1.54, 1.807) is 0 Å². The quantitative estimate of drug-likeness (QED) is 0.0542. The van der Waals surface area contributed by atoms with Crippen LogP contribution in [0.3, 0.4) is 0 Å². The predicted octanol–water partition coefficient (Wildman–Crippen LogP) is 10.3. The van der Waals surface area contributed by atoms with Gasteiger partial charge in [-0.3, -0.25) is 4.79 Å². The lowest BCUT2D eigenvalue weighted by atomic mass is 10.0. The topological polar surface area (TPSA) is 55.8 Å². The average Bonchev–Trinajstić information content (AvgIpc) is 2.92. The van der Waals surface area contributed by atoms with E-state index in [0.717, 1.165) is 19.3 Å². The average molecular weight is 539 g/mol. The van der Waals surface area contributed by atoms with Gasteiger partial charge in [0.2, 0.25) is 0 Å². The molecule has 1 N–H and O–H groups in total. The van der Waals surface area contributed by atoms with E-state index >= 15 is 0 Å². The van der Waals surface area contributed by atoms with Crippen molar-refractivity contribution in [3.63, 3.8) is 0 Å². The highest BCUT2D eigenvalue weighted by atomic mass is 16.6. The Bertz CT molecular complexity index is 491. The Morgan fingerprint density at radius 1 is 0.605 bits per heavy atom. The first kappa shape index (κ1) is 37.1. The van der Waals surface area contributed by atoms with Gasteiger partial charge in [0.05, 0.1) is 13.2 Å². The molecule has 0 aliphatic carbocycles. The van der Waals surface area contributed by atoms with Crippen LogP contribution in [0, 0.1) is 0 Å². The molecule has 0 saturated carbocycles. The van der Waals surface area contributed by atoms with Gasteiger partial charge in [-0.2, -0.15) is 0 Å². The van der Waals surface area contributed by atoms with Crippen LogP contribution in [0.1, 0.15) is 174 Å². The Morgan fingerprint density at radius 3 is 1.61 bits per heavy atom. The van der Waals surface area contributed by atoms with Crippen LogP contribution in [-0.4, -0.2) is 37.0 Å². The standard InChI is InChI=1S/C34H66O4/c1-3-5-7-9-11-13-15-16-17-18-19-21-23-25-27-29-34(36)38-33(31-35)32-37-30-28-26-24-22-20-14-12-10-8-6-4-2/h8,10,33,35H,3-7,9,11-32H2,1-2H3/b10-8-. The summed E-state index contributed by atoms with van der Waals surface area (Å²) in [5.74, 6) is -0.202. The van der Waals surface area contributed by atoms with Crippen LogP contribution in [0.15, 0.2) is 12.2 Å². The van der Waals surface area contributed by atoms with Gasteiger partial charge in [0.15, 0.2) is 0 Å². The van der Waals surface area contributed by atoms with E-state index in [4.69, 9.17) is 9.47 Å². The Balaban J connectivity index is 3.42. The summed E-state index contributed by atoms with van der Waals surface area (Å²) in [5.41, 5.74) is 0. The molecule has 1 atom stereocenters. The van der Waals surface area contributed by atoms with Crippen molar-refractivity contribution in [2.24, 2.45) is 0 Å². The zero-order valence-electron chi connectivity index (χ0n) is 25.7. The van der Waals surface area contributed by atoms with Crippen LogP contribution >= 0.6 is 0 Å². The first-order chi connectivity index (χ1) is 18.7. The summed E-state index contributed by atoms with van der Waals surface area (Å²) in [6.07, 6.45) is 35.3. The molecule has 0 bridgehead atoms. The molecule has 0 radical (unpaired) electrons. The highest BCUT2D eigenvalue weighted by Gasteiger charge is 2.13. The lowest BCUT2D eigenvalue weighted by Crippen LogP contribution is -2.27. The molecule has 0 amide bonds.